The van der Waals surface area contributed by atoms with Gasteiger partial charge in [0.05, 0.1) is 17.7 Å². The van der Waals surface area contributed by atoms with Gasteiger partial charge in [0.25, 0.3) is 5.91 Å². The van der Waals surface area contributed by atoms with Crippen LogP contribution in [0.3, 0.4) is 0 Å². The van der Waals surface area contributed by atoms with Gasteiger partial charge in [-0.2, -0.15) is 4.39 Å². The Kier molecular flexibility index (Phi) is 10.0. The van der Waals surface area contributed by atoms with Crippen LogP contribution in [0.4, 0.5) is 18.9 Å². The number of rotatable bonds is 10. The number of hydrogen-bond acceptors (Lipinski definition) is 5. The number of ketones is 1. The van der Waals surface area contributed by atoms with Crippen LogP contribution in [-0.2, 0) is 17.6 Å². The van der Waals surface area contributed by atoms with Crippen molar-refractivity contribution < 1.29 is 32.6 Å². The minimum atomic E-state index is -1.19. The number of halogens is 4. The van der Waals surface area contributed by atoms with E-state index >= 15 is 8.78 Å². The van der Waals surface area contributed by atoms with Crippen LogP contribution in [0.5, 0.6) is 5.75 Å². The second-order valence-corrected chi connectivity index (χ2v) is 14.8. The van der Waals surface area contributed by atoms with Crippen molar-refractivity contribution in [3.63, 3.8) is 0 Å². The van der Waals surface area contributed by atoms with Crippen molar-refractivity contribution in [3.05, 3.63) is 106 Å². The van der Waals surface area contributed by atoms with E-state index in [2.05, 4.69) is 31.0 Å². The number of anilines is 1. The highest BCUT2D eigenvalue weighted by Gasteiger charge is 2.43. The molecule has 48 heavy (non-hydrogen) atoms. The summed E-state index contributed by atoms with van der Waals surface area (Å²) >= 11 is 3.56. The molecule has 3 aromatic carbocycles. The van der Waals surface area contributed by atoms with Crippen LogP contribution < -0.4 is 14.8 Å². The SMILES string of the molecule is C/C(O)=S(/Nc1cc(F)c(C(=O)N[C@@H](Cc2ccc(Br)c3c2OCCC3)C(=O)C2CC2C)c(F)c1)c1ccc(-c2ccnc(F)c2)cc1. The summed E-state index contributed by atoms with van der Waals surface area (Å²) in [6.07, 6.45) is 3.83. The minimum Gasteiger partial charge on any atom is -0.493 e. The van der Waals surface area contributed by atoms with Gasteiger partial charge in [0.1, 0.15) is 22.9 Å². The lowest BCUT2D eigenvalue weighted by Gasteiger charge is -2.24. The number of benzene rings is 3. The standard InChI is InChI=1S/C36H33BrF3N3O4S/c1-19-14-27(19)34(45)31(15-23-7-10-28(37)26-4-3-13-47-35(23)26)42-36(46)33-29(38)17-24(18-30(33)39)43-48(20(2)44)25-8-5-21(6-9-25)22-11-12-41-32(40)16-22/h5-12,16-19,27,31,43-44H,3-4,13-15H2,1-2H3,(H,42,46)/t19?,27?,31-,48?/m0/s1. The number of nitrogens with one attached hydrogen (secondary N) is 2. The Balaban J connectivity index is 1.22. The second-order valence-electron chi connectivity index (χ2n) is 12.1. The molecule has 2 heterocycles. The monoisotopic (exact) mass is 739 g/mol. The lowest BCUT2D eigenvalue weighted by molar-refractivity contribution is -0.122. The van der Waals surface area contributed by atoms with Gasteiger partial charge in [0.15, 0.2) is 5.78 Å². The maximum absolute atomic E-state index is 15.5. The molecule has 1 aliphatic carbocycles. The number of aliphatic hydroxyl groups excluding tert-OH is 1. The van der Waals surface area contributed by atoms with Crippen molar-refractivity contribution in [2.24, 2.45) is 11.8 Å². The van der Waals surface area contributed by atoms with E-state index in [0.29, 0.717) is 34.8 Å². The van der Waals surface area contributed by atoms with Crippen molar-refractivity contribution in [2.75, 3.05) is 11.3 Å². The zero-order valence-electron chi connectivity index (χ0n) is 26.2. The third kappa shape index (κ3) is 7.35. The number of aliphatic hydroxyl groups is 1. The molecule has 1 saturated carbocycles. The average molecular weight is 741 g/mol. The molecular formula is C36H33BrF3N3O4S. The first kappa shape index (κ1) is 33.9. The molecule has 2 aliphatic rings. The van der Waals surface area contributed by atoms with E-state index in [0.717, 1.165) is 40.6 Å². The van der Waals surface area contributed by atoms with Gasteiger partial charge in [-0.25, -0.2) is 13.8 Å². The summed E-state index contributed by atoms with van der Waals surface area (Å²) < 4.78 is 54.4. The van der Waals surface area contributed by atoms with Crippen LogP contribution in [0.1, 0.15) is 48.2 Å². The van der Waals surface area contributed by atoms with E-state index in [1.165, 1.54) is 19.2 Å². The Bertz CT molecular complexity index is 1910. The Morgan fingerprint density at radius 3 is 2.42 bits per heavy atom. The molecule has 0 spiro atoms. The highest BCUT2D eigenvalue weighted by Crippen LogP contribution is 2.41. The number of pyridine rings is 1. The summed E-state index contributed by atoms with van der Waals surface area (Å²) in [5.74, 6) is -3.48. The van der Waals surface area contributed by atoms with Gasteiger partial charge in [-0.15, -0.1) is 0 Å². The molecule has 12 heteroatoms. The number of carbonyl (C=O) groups is 2. The Labute approximate surface area is 287 Å². The number of amides is 1. The third-order valence-electron chi connectivity index (χ3n) is 8.58. The fourth-order valence-corrected chi connectivity index (χ4v) is 7.81. The Hall–Kier alpha value is -4.00. The van der Waals surface area contributed by atoms with E-state index in [4.69, 9.17) is 4.74 Å². The van der Waals surface area contributed by atoms with Crippen molar-refractivity contribution in [2.45, 2.75) is 50.5 Å². The van der Waals surface area contributed by atoms with E-state index in [1.54, 1.807) is 30.3 Å². The van der Waals surface area contributed by atoms with Crippen molar-refractivity contribution in [1.82, 2.24) is 10.3 Å². The van der Waals surface area contributed by atoms with Crippen LogP contribution >= 0.6 is 26.6 Å². The molecule has 6 rings (SSSR count). The first-order chi connectivity index (χ1) is 23.0. The quantitative estimate of drug-likeness (QED) is 0.112. The van der Waals surface area contributed by atoms with Crippen molar-refractivity contribution in [3.8, 4) is 16.9 Å². The number of carbonyl (C=O) groups excluding carboxylic acids is 2. The fourth-order valence-electron chi connectivity index (χ4n) is 5.93. The van der Waals surface area contributed by atoms with Crippen LogP contribution in [-0.4, -0.2) is 39.5 Å². The summed E-state index contributed by atoms with van der Waals surface area (Å²) in [6, 6.07) is 14.5. The fraction of sp³-hybridized carbons (Fsp3) is 0.278. The lowest BCUT2D eigenvalue weighted by Crippen LogP contribution is -2.44. The highest BCUT2D eigenvalue weighted by atomic mass is 79.9. The van der Waals surface area contributed by atoms with Gasteiger partial charge in [-0.1, -0.05) is 41.1 Å². The summed E-state index contributed by atoms with van der Waals surface area (Å²) in [5, 5.41) is 13.1. The maximum atomic E-state index is 15.5. The number of ether oxygens (including phenoxy) is 1. The Morgan fingerprint density at radius 2 is 1.77 bits per heavy atom. The molecular weight excluding hydrogens is 707 g/mol. The largest absolute Gasteiger partial charge is 0.493 e. The second kappa shape index (κ2) is 14.2. The van der Waals surface area contributed by atoms with Crippen LogP contribution in [0, 0.1) is 29.4 Å². The molecule has 3 N–H and O–H groups in total. The first-order valence-corrected chi connectivity index (χ1v) is 17.5. The predicted octanol–water partition coefficient (Wildman–Crippen LogP) is 8.18. The topological polar surface area (TPSA) is 101 Å². The number of fused-ring (bicyclic) bond motifs is 1. The summed E-state index contributed by atoms with van der Waals surface area (Å²) in [5.41, 5.74) is 2.25. The number of nitrogens with zero attached hydrogens (tertiary/aromatic N) is 1. The van der Waals surface area contributed by atoms with Gasteiger partial charge >= 0.3 is 0 Å². The van der Waals surface area contributed by atoms with Gasteiger partial charge < -0.3 is 19.9 Å². The molecule has 4 atom stereocenters. The number of hydrogen-bond donors (Lipinski definition) is 3. The first-order valence-electron chi connectivity index (χ1n) is 15.5. The molecule has 7 nitrogen and oxygen atoms in total. The van der Waals surface area contributed by atoms with E-state index in [9.17, 15) is 19.1 Å². The van der Waals surface area contributed by atoms with E-state index in [1.807, 2.05) is 19.1 Å². The maximum Gasteiger partial charge on any atom is 0.257 e. The molecule has 1 aromatic heterocycles. The van der Waals surface area contributed by atoms with E-state index < -0.39 is 45.8 Å². The summed E-state index contributed by atoms with van der Waals surface area (Å²) in [6.45, 7) is 3.94. The Morgan fingerprint density at radius 1 is 1.06 bits per heavy atom. The minimum absolute atomic E-state index is 0.00312. The highest BCUT2D eigenvalue weighted by molar-refractivity contribution is 9.10. The molecule has 4 aromatic rings. The molecule has 0 saturated heterocycles. The average Bonchev–Trinajstić information content (AvgIpc) is 3.80. The molecule has 1 aliphatic heterocycles. The van der Waals surface area contributed by atoms with Crippen LogP contribution in [0.2, 0.25) is 0 Å². The summed E-state index contributed by atoms with van der Waals surface area (Å²) in [7, 11) is -1.19. The molecule has 1 fully saturated rings. The molecule has 0 radical (unpaired) electrons. The van der Waals surface area contributed by atoms with Gasteiger partial charge in [-0.3, -0.25) is 9.59 Å². The predicted molar refractivity (Wildman–Crippen MR) is 184 cm³/mol. The smallest absolute Gasteiger partial charge is 0.257 e. The van der Waals surface area contributed by atoms with Crippen molar-refractivity contribution >= 4 is 49.0 Å². The zero-order chi connectivity index (χ0) is 34.1. The van der Waals surface area contributed by atoms with Gasteiger partial charge in [-0.05, 0) is 95.9 Å². The van der Waals surface area contributed by atoms with E-state index in [-0.39, 0.29) is 34.8 Å². The van der Waals surface area contributed by atoms with Gasteiger partial charge in [0.2, 0.25) is 5.95 Å². The molecule has 0 bridgehead atoms. The molecule has 1 amide bonds. The normalized spacial score (nSPS) is 18.2. The van der Waals surface area contributed by atoms with Gasteiger partial charge in [0, 0.05) is 45.2 Å². The molecule has 250 valence electrons. The van der Waals surface area contributed by atoms with Crippen LogP contribution in [0.25, 0.3) is 11.1 Å². The van der Waals surface area contributed by atoms with Crippen molar-refractivity contribution in [1.29, 1.82) is 0 Å². The molecule has 3 unspecified atom stereocenters. The number of Topliss-reactive ketones (excluding diaryl/α,β-unsaturated/α-hetero) is 1. The summed E-state index contributed by atoms with van der Waals surface area (Å²) in [4.78, 5) is 31.1. The lowest BCUT2D eigenvalue weighted by atomic mass is 9.94. The zero-order valence-corrected chi connectivity index (χ0v) is 28.6. The third-order valence-corrected chi connectivity index (χ3v) is 11.1. The number of aromatic nitrogens is 1. The van der Waals surface area contributed by atoms with Crippen LogP contribution in [0.15, 0.2) is 76.2 Å².